The molecule has 1 heterocycles. The largest absolute Gasteiger partial charge is 0.466 e. The van der Waals surface area contributed by atoms with E-state index in [4.69, 9.17) is 14.5 Å². The predicted octanol–water partition coefficient (Wildman–Crippen LogP) is 4.15. The fourth-order valence-electron chi connectivity index (χ4n) is 2.80. The van der Waals surface area contributed by atoms with Gasteiger partial charge in [0, 0.05) is 39.0 Å². The molecule has 0 spiro atoms. The zero-order valence-corrected chi connectivity index (χ0v) is 19.5. The molecule has 1 atom stereocenters. The van der Waals surface area contributed by atoms with Crippen LogP contribution in [0.25, 0.3) is 0 Å². The number of methoxy groups -OCH3 is 1. The number of nitrogens with zero attached hydrogens (tertiary/aromatic N) is 3. The standard InChI is InChI=1S/C21H38N4O3S/c1-6-22-21(23-14-12-10-8-9-11-13-19(26)28-7-2)25(4)15-18-16-29-20(24-18)17(3)27-5/h16-17H,6-15H2,1-5H3,(H,22,23). The Balaban J connectivity index is 2.34. The predicted molar refractivity (Wildman–Crippen MR) is 119 cm³/mol. The molecule has 1 aromatic rings. The van der Waals surface area contributed by atoms with E-state index in [0.717, 1.165) is 61.9 Å². The summed E-state index contributed by atoms with van der Waals surface area (Å²) in [6.45, 7) is 8.74. The molecule has 1 aromatic heterocycles. The third kappa shape index (κ3) is 10.6. The summed E-state index contributed by atoms with van der Waals surface area (Å²) in [4.78, 5) is 22.8. The number of ether oxygens (including phenoxy) is 2. The fourth-order valence-corrected chi connectivity index (χ4v) is 3.64. The maximum Gasteiger partial charge on any atom is 0.305 e. The molecule has 0 aromatic carbocycles. The minimum atomic E-state index is -0.0840. The highest BCUT2D eigenvalue weighted by Gasteiger charge is 2.12. The van der Waals surface area contributed by atoms with E-state index in [2.05, 4.69) is 27.5 Å². The minimum absolute atomic E-state index is 0.0262. The molecule has 0 aliphatic heterocycles. The first kappa shape index (κ1) is 25.4. The summed E-state index contributed by atoms with van der Waals surface area (Å²) in [5.74, 6) is 0.823. The zero-order chi connectivity index (χ0) is 21.5. The molecule has 8 heteroatoms. The number of rotatable bonds is 14. The van der Waals surface area contributed by atoms with Crippen LogP contribution in [0, 0.1) is 0 Å². The van der Waals surface area contributed by atoms with E-state index in [-0.39, 0.29) is 12.1 Å². The molecule has 1 rings (SSSR count). The normalized spacial score (nSPS) is 12.7. The molecule has 0 amide bonds. The third-order valence-corrected chi connectivity index (χ3v) is 5.53. The molecule has 166 valence electrons. The second-order valence-corrected chi connectivity index (χ2v) is 7.86. The second-order valence-electron chi connectivity index (χ2n) is 6.97. The van der Waals surface area contributed by atoms with Gasteiger partial charge in [-0.3, -0.25) is 9.79 Å². The van der Waals surface area contributed by atoms with E-state index in [1.54, 1.807) is 18.4 Å². The molecule has 0 fully saturated rings. The zero-order valence-electron chi connectivity index (χ0n) is 18.7. The Morgan fingerprint density at radius 2 is 2.00 bits per heavy atom. The molecular weight excluding hydrogens is 388 g/mol. The summed E-state index contributed by atoms with van der Waals surface area (Å²) in [5, 5.41) is 6.44. The molecule has 0 saturated heterocycles. The van der Waals surface area contributed by atoms with Crippen LogP contribution in [0.15, 0.2) is 10.4 Å². The van der Waals surface area contributed by atoms with Gasteiger partial charge in [0.1, 0.15) is 11.1 Å². The van der Waals surface area contributed by atoms with Crippen LogP contribution in [0.4, 0.5) is 0 Å². The second kappa shape index (κ2) is 15.2. The van der Waals surface area contributed by atoms with Crippen LogP contribution in [-0.2, 0) is 20.8 Å². The number of unbranched alkanes of at least 4 members (excludes halogenated alkanes) is 4. The van der Waals surface area contributed by atoms with E-state index >= 15 is 0 Å². The summed E-state index contributed by atoms with van der Waals surface area (Å²) < 4.78 is 10.3. The summed E-state index contributed by atoms with van der Waals surface area (Å²) in [6.07, 6.45) is 5.83. The van der Waals surface area contributed by atoms with Gasteiger partial charge in [-0.2, -0.15) is 0 Å². The smallest absolute Gasteiger partial charge is 0.305 e. The van der Waals surface area contributed by atoms with Gasteiger partial charge in [-0.15, -0.1) is 11.3 Å². The number of hydrogen-bond donors (Lipinski definition) is 1. The molecule has 0 aliphatic carbocycles. The van der Waals surface area contributed by atoms with Crippen molar-refractivity contribution in [1.29, 1.82) is 0 Å². The number of aliphatic imine (C=N–C) groups is 1. The van der Waals surface area contributed by atoms with Crippen LogP contribution in [0.5, 0.6) is 0 Å². The topological polar surface area (TPSA) is 76.0 Å². The molecular formula is C21H38N4O3S. The van der Waals surface area contributed by atoms with Crippen LogP contribution in [-0.4, -0.2) is 55.7 Å². The molecule has 29 heavy (non-hydrogen) atoms. The van der Waals surface area contributed by atoms with Gasteiger partial charge in [-0.1, -0.05) is 19.3 Å². The van der Waals surface area contributed by atoms with Crippen molar-refractivity contribution in [3.05, 3.63) is 16.1 Å². The van der Waals surface area contributed by atoms with Crippen LogP contribution in [0.3, 0.4) is 0 Å². The van der Waals surface area contributed by atoms with E-state index in [9.17, 15) is 4.79 Å². The number of thiazole rings is 1. The van der Waals surface area contributed by atoms with E-state index in [1.165, 1.54) is 0 Å². The molecule has 7 nitrogen and oxygen atoms in total. The number of esters is 1. The fraction of sp³-hybridized carbons (Fsp3) is 0.762. The van der Waals surface area contributed by atoms with Crippen molar-refractivity contribution in [3.8, 4) is 0 Å². The minimum Gasteiger partial charge on any atom is -0.466 e. The highest BCUT2D eigenvalue weighted by atomic mass is 32.1. The third-order valence-electron chi connectivity index (χ3n) is 4.47. The lowest BCUT2D eigenvalue weighted by Gasteiger charge is -2.21. The van der Waals surface area contributed by atoms with Gasteiger partial charge in [0.15, 0.2) is 5.96 Å². The average Bonchev–Trinajstić information content (AvgIpc) is 3.17. The van der Waals surface area contributed by atoms with Crippen molar-refractivity contribution >= 4 is 23.3 Å². The van der Waals surface area contributed by atoms with Crippen LogP contribution in [0.1, 0.15) is 76.1 Å². The Morgan fingerprint density at radius 1 is 1.28 bits per heavy atom. The molecule has 1 unspecified atom stereocenters. The van der Waals surface area contributed by atoms with Crippen molar-refractivity contribution in [2.24, 2.45) is 4.99 Å². The van der Waals surface area contributed by atoms with Crippen molar-refractivity contribution < 1.29 is 14.3 Å². The van der Waals surface area contributed by atoms with Gasteiger partial charge in [0.2, 0.25) is 0 Å². The van der Waals surface area contributed by atoms with E-state index in [0.29, 0.717) is 19.6 Å². The SMILES string of the molecule is CCNC(=NCCCCCCCC(=O)OCC)N(C)Cc1csc(C(C)OC)n1. The van der Waals surface area contributed by atoms with Gasteiger partial charge in [-0.05, 0) is 33.6 Å². The number of guanidine groups is 1. The van der Waals surface area contributed by atoms with Crippen molar-refractivity contribution in [3.63, 3.8) is 0 Å². The molecule has 0 radical (unpaired) electrons. The highest BCUT2D eigenvalue weighted by Crippen LogP contribution is 2.20. The van der Waals surface area contributed by atoms with Gasteiger partial charge in [0.05, 0.1) is 18.8 Å². The van der Waals surface area contributed by atoms with Crippen molar-refractivity contribution in [1.82, 2.24) is 15.2 Å². The van der Waals surface area contributed by atoms with Crippen molar-refractivity contribution in [2.75, 3.05) is 33.9 Å². The number of carbonyl (C=O) groups excluding carboxylic acids is 1. The van der Waals surface area contributed by atoms with Gasteiger partial charge < -0.3 is 19.7 Å². The Kier molecular flexibility index (Phi) is 13.3. The average molecular weight is 427 g/mol. The summed E-state index contributed by atoms with van der Waals surface area (Å²) in [5.41, 5.74) is 1.03. The van der Waals surface area contributed by atoms with Gasteiger partial charge in [-0.25, -0.2) is 4.98 Å². The Hall–Kier alpha value is -1.67. The summed E-state index contributed by atoms with van der Waals surface area (Å²) in [6, 6.07) is 0. The first-order valence-electron chi connectivity index (χ1n) is 10.6. The highest BCUT2D eigenvalue weighted by molar-refractivity contribution is 7.09. The number of carbonyl (C=O) groups is 1. The maximum absolute atomic E-state index is 11.3. The maximum atomic E-state index is 11.3. The monoisotopic (exact) mass is 426 g/mol. The molecule has 1 N–H and O–H groups in total. The lowest BCUT2D eigenvalue weighted by molar-refractivity contribution is -0.143. The summed E-state index contributed by atoms with van der Waals surface area (Å²) >= 11 is 1.63. The first-order chi connectivity index (χ1) is 14.0. The van der Waals surface area contributed by atoms with Gasteiger partial charge in [0.25, 0.3) is 0 Å². The number of hydrogen-bond acceptors (Lipinski definition) is 6. The quantitative estimate of drug-likeness (QED) is 0.208. The number of nitrogens with one attached hydrogen (secondary N) is 1. The number of aromatic nitrogens is 1. The lowest BCUT2D eigenvalue weighted by Crippen LogP contribution is -2.38. The first-order valence-corrected chi connectivity index (χ1v) is 11.5. The molecule has 0 saturated carbocycles. The van der Waals surface area contributed by atoms with Crippen LogP contribution < -0.4 is 5.32 Å². The van der Waals surface area contributed by atoms with Crippen LogP contribution >= 0.6 is 11.3 Å². The van der Waals surface area contributed by atoms with E-state index in [1.807, 2.05) is 20.9 Å². The lowest BCUT2D eigenvalue weighted by atomic mass is 10.1. The Morgan fingerprint density at radius 3 is 2.69 bits per heavy atom. The molecule has 0 aliphatic rings. The van der Waals surface area contributed by atoms with Gasteiger partial charge >= 0.3 is 5.97 Å². The molecule has 0 bridgehead atoms. The summed E-state index contributed by atoms with van der Waals surface area (Å²) in [7, 11) is 3.74. The Bertz CT molecular complexity index is 607. The Labute approximate surface area is 179 Å². The van der Waals surface area contributed by atoms with Crippen LogP contribution in [0.2, 0.25) is 0 Å². The van der Waals surface area contributed by atoms with E-state index < -0.39 is 0 Å². The van der Waals surface area contributed by atoms with Crippen molar-refractivity contribution in [2.45, 2.75) is 71.9 Å².